The molecule has 0 fully saturated rings. The van der Waals surface area contributed by atoms with Gasteiger partial charge in [-0.2, -0.15) is 0 Å². The van der Waals surface area contributed by atoms with E-state index in [1.54, 1.807) is 23.9 Å². The predicted octanol–water partition coefficient (Wildman–Crippen LogP) is 5.68. The minimum Gasteiger partial charge on any atom is -0.482 e. The number of ether oxygens (including phenoxy) is 1. The van der Waals surface area contributed by atoms with Crippen LogP contribution in [0.1, 0.15) is 16.7 Å². The zero-order valence-corrected chi connectivity index (χ0v) is 16.5. The monoisotopic (exact) mass is 390 g/mol. The third kappa shape index (κ3) is 5.76. The fourth-order valence-corrected chi connectivity index (χ4v) is 3.60. The molecule has 0 saturated carbocycles. The first kappa shape index (κ1) is 19.8. The molecule has 0 amide bonds. The predicted molar refractivity (Wildman–Crippen MR) is 115 cm³/mol. The van der Waals surface area contributed by atoms with Crippen LogP contribution in [0.25, 0.3) is 5.57 Å². The number of carboxylic acid groups (broad SMARTS) is 1. The van der Waals surface area contributed by atoms with Gasteiger partial charge in [0.2, 0.25) is 0 Å². The number of aryl methyl sites for hydroxylation is 1. The molecule has 1 N–H and O–H groups in total. The van der Waals surface area contributed by atoms with Crippen LogP contribution in [0.4, 0.5) is 0 Å². The van der Waals surface area contributed by atoms with E-state index in [-0.39, 0.29) is 6.61 Å². The quantitative estimate of drug-likeness (QED) is 0.503. The van der Waals surface area contributed by atoms with Gasteiger partial charge in [-0.1, -0.05) is 66.2 Å². The largest absolute Gasteiger partial charge is 0.482 e. The van der Waals surface area contributed by atoms with Gasteiger partial charge in [-0.05, 0) is 47.9 Å². The minimum atomic E-state index is -0.979. The van der Waals surface area contributed by atoms with E-state index in [2.05, 4.69) is 61.5 Å². The minimum absolute atomic E-state index is 0.327. The van der Waals surface area contributed by atoms with Gasteiger partial charge in [0, 0.05) is 10.6 Å². The summed E-state index contributed by atoms with van der Waals surface area (Å²) in [5.74, 6) is 0.410. The topological polar surface area (TPSA) is 46.5 Å². The van der Waals surface area contributed by atoms with Crippen LogP contribution in [0.15, 0.2) is 89.8 Å². The maximum atomic E-state index is 10.6. The standard InChI is InChI=1S/C24H22O3S/c1-18-6-5-9-20(16-18)23(19-7-3-2-4-8-19)14-15-28-22-12-10-21(11-13-22)27-17-24(25)26/h2-14,16H,15,17H2,1H3,(H,25,26)/b23-14-. The molecule has 0 saturated heterocycles. The molecule has 3 rings (SSSR count). The summed E-state index contributed by atoms with van der Waals surface area (Å²) in [6.07, 6.45) is 2.25. The van der Waals surface area contributed by atoms with Gasteiger partial charge in [0.05, 0.1) is 0 Å². The van der Waals surface area contributed by atoms with Crippen LogP contribution in [0.2, 0.25) is 0 Å². The summed E-state index contributed by atoms with van der Waals surface area (Å²) in [6, 6.07) is 26.4. The molecule has 3 aromatic carbocycles. The highest BCUT2D eigenvalue weighted by atomic mass is 32.2. The lowest BCUT2D eigenvalue weighted by Gasteiger charge is -2.10. The number of hydrogen-bond donors (Lipinski definition) is 1. The summed E-state index contributed by atoms with van der Waals surface area (Å²) in [6.45, 7) is 1.78. The summed E-state index contributed by atoms with van der Waals surface area (Å²) in [5.41, 5.74) is 4.87. The number of aliphatic carboxylic acids is 1. The van der Waals surface area contributed by atoms with Crippen LogP contribution >= 0.6 is 11.8 Å². The Morgan fingerprint density at radius 1 is 0.964 bits per heavy atom. The Hall–Kier alpha value is -2.98. The lowest BCUT2D eigenvalue weighted by Crippen LogP contribution is -2.09. The van der Waals surface area contributed by atoms with Gasteiger partial charge in [0.25, 0.3) is 0 Å². The Morgan fingerprint density at radius 2 is 1.68 bits per heavy atom. The molecule has 0 heterocycles. The molecule has 3 aromatic rings. The lowest BCUT2D eigenvalue weighted by atomic mass is 9.97. The summed E-state index contributed by atoms with van der Waals surface area (Å²) in [4.78, 5) is 11.7. The Labute approximate surface area is 169 Å². The second kappa shape index (κ2) is 9.81. The van der Waals surface area contributed by atoms with Crippen LogP contribution in [0, 0.1) is 6.92 Å². The van der Waals surface area contributed by atoms with Crippen molar-refractivity contribution < 1.29 is 14.6 Å². The molecule has 0 aliphatic heterocycles. The number of carbonyl (C=O) groups is 1. The van der Waals surface area contributed by atoms with Crippen molar-refractivity contribution in [3.63, 3.8) is 0 Å². The van der Waals surface area contributed by atoms with E-state index >= 15 is 0 Å². The average Bonchev–Trinajstić information content (AvgIpc) is 2.71. The molecule has 142 valence electrons. The van der Waals surface area contributed by atoms with Crippen LogP contribution < -0.4 is 4.74 Å². The molecule has 3 nitrogen and oxygen atoms in total. The molecular weight excluding hydrogens is 368 g/mol. The lowest BCUT2D eigenvalue weighted by molar-refractivity contribution is -0.139. The van der Waals surface area contributed by atoms with Crippen molar-refractivity contribution >= 4 is 23.3 Å². The Bertz CT molecular complexity index is 947. The number of hydrogen-bond acceptors (Lipinski definition) is 3. The Balaban J connectivity index is 1.72. The Kier molecular flexibility index (Phi) is 6.93. The number of thioether (sulfide) groups is 1. The zero-order chi connectivity index (χ0) is 19.8. The van der Waals surface area contributed by atoms with Gasteiger partial charge in [-0.25, -0.2) is 4.79 Å². The second-order valence-corrected chi connectivity index (χ2v) is 7.41. The highest BCUT2D eigenvalue weighted by Gasteiger charge is 2.05. The van der Waals surface area contributed by atoms with Crippen molar-refractivity contribution in [2.75, 3.05) is 12.4 Å². The van der Waals surface area contributed by atoms with Gasteiger partial charge in [0.1, 0.15) is 5.75 Å². The fraction of sp³-hybridized carbons (Fsp3) is 0.125. The van der Waals surface area contributed by atoms with Gasteiger partial charge in [-0.15, -0.1) is 11.8 Å². The normalized spacial score (nSPS) is 11.2. The van der Waals surface area contributed by atoms with Gasteiger partial charge in [0.15, 0.2) is 6.61 Å². The fourth-order valence-electron chi connectivity index (χ4n) is 2.83. The molecule has 0 unspecified atom stereocenters. The first-order valence-electron chi connectivity index (χ1n) is 9.02. The van der Waals surface area contributed by atoms with E-state index in [9.17, 15) is 4.79 Å². The van der Waals surface area contributed by atoms with Gasteiger partial charge in [-0.3, -0.25) is 0 Å². The maximum absolute atomic E-state index is 10.6. The van der Waals surface area contributed by atoms with E-state index in [0.29, 0.717) is 5.75 Å². The summed E-state index contributed by atoms with van der Waals surface area (Å²) < 4.78 is 5.17. The van der Waals surface area contributed by atoms with Crippen molar-refractivity contribution in [3.8, 4) is 5.75 Å². The third-order valence-electron chi connectivity index (χ3n) is 4.14. The first-order chi connectivity index (χ1) is 13.6. The number of carboxylic acids is 1. The van der Waals surface area contributed by atoms with E-state index in [1.807, 2.05) is 18.2 Å². The van der Waals surface area contributed by atoms with Crippen LogP contribution in [-0.2, 0) is 4.79 Å². The molecule has 0 spiro atoms. The molecule has 4 heteroatoms. The maximum Gasteiger partial charge on any atom is 0.341 e. The highest BCUT2D eigenvalue weighted by molar-refractivity contribution is 7.99. The smallest absolute Gasteiger partial charge is 0.341 e. The van der Waals surface area contributed by atoms with Gasteiger partial charge < -0.3 is 9.84 Å². The van der Waals surface area contributed by atoms with E-state index in [4.69, 9.17) is 9.84 Å². The van der Waals surface area contributed by atoms with Gasteiger partial charge >= 0.3 is 5.97 Å². The first-order valence-corrected chi connectivity index (χ1v) is 10.0. The third-order valence-corrected chi connectivity index (χ3v) is 5.08. The molecule has 0 aromatic heterocycles. The van der Waals surface area contributed by atoms with Crippen LogP contribution in [-0.4, -0.2) is 23.4 Å². The SMILES string of the molecule is Cc1cccc(/C(=C\CSc2ccc(OCC(=O)O)cc2)c2ccccc2)c1. The van der Waals surface area contributed by atoms with E-state index in [0.717, 1.165) is 10.6 Å². The second-order valence-electron chi connectivity index (χ2n) is 6.32. The molecule has 0 radical (unpaired) electrons. The molecular formula is C24H22O3S. The molecule has 28 heavy (non-hydrogen) atoms. The average molecular weight is 391 g/mol. The number of rotatable bonds is 8. The molecule has 0 atom stereocenters. The van der Waals surface area contributed by atoms with Crippen LogP contribution in [0.3, 0.4) is 0 Å². The summed E-state index contributed by atoms with van der Waals surface area (Å²) in [7, 11) is 0. The summed E-state index contributed by atoms with van der Waals surface area (Å²) in [5, 5.41) is 8.67. The van der Waals surface area contributed by atoms with Crippen LogP contribution in [0.5, 0.6) is 5.75 Å². The van der Waals surface area contributed by atoms with E-state index < -0.39 is 5.97 Å². The highest BCUT2D eigenvalue weighted by Crippen LogP contribution is 2.27. The number of benzene rings is 3. The van der Waals surface area contributed by atoms with Crippen molar-refractivity contribution in [3.05, 3.63) is 102 Å². The molecule has 0 aliphatic carbocycles. The van der Waals surface area contributed by atoms with Crippen molar-refractivity contribution in [1.29, 1.82) is 0 Å². The zero-order valence-electron chi connectivity index (χ0n) is 15.7. The van der Waals surface area contributed by atoms with Crippen molar-refractivity contribution in [1.82, 2.24) is 0 Å². The molecule has 0 aliphatic rings. The van der Waals surface area contributed by atoms with Crippen molar-refractivity contribution in [2.45, 2.75) is 11.8 Å². The Morgan fingerprint density at radius 3 is 2.36 bits per heavy atom. The van der Waals surface area contributed by atoms with Crippen molar-refractivity contribution in [2.24, 2.45) is 0 Å². The van der Waals surface area contributed by atoms with E-state index in [1.165, 1.54) is 22.3 Å². The molecule has 0 bridgehead atoms. The summed E-state index contributed by atoms with van der Waals surface area (Å²) >= 11 is 1.73.